The van der Waals surface area contributed by atoms with Crippen LogP contribution in [0.2, 0.25) is 0 Å². The Bertz CT molecular complexity index is 831. The average molecular weight is 372 g/mol. The zero-order chi connectivity index (χ0) is 19.7. The van der Waals surface area contributed by atoms with Crippen molar-refractivity contribution in [3.05, 3.63) is 29.0 Å². The van der Waals surface area contributed by atoms with E-state index in [-0.39, 0.29) is 17.8 Å². The zero-order valence-corrected chi connectivity index (χ0v) is 16.9. The zero-order valence-electron chi connectivity index (χ0n) is 16.9. The van der Waals surface area contributed by atoms with Gasteiger partial charge in [-0.15, -0.1) is 0 Å². The van der Waals surface area contributed by atoms with Gasteiger partial charge in [-0.1, -0.05) is 0 Å². The molecule has 2 aromatic rings. The summed E-state index contributed by atoms with van der Waals surface area (Å²) < 4.78 is 0. The first-order valence-electron chi connectivity index (χ1n) is 9.20. The maximum Gasteiger partial charge on any atom is 0.291 e. The van der Waals surface area contributed by atoms with Crippen LogP contribution in [-0.2, 0) is 7.05 Å². The van der Waals surface area contributed by atoms with Crippen molar-refractivity contribution >= 4 is 11.7 Å². The number of anilines is 1. The Morgan fingerprint density at radius 3 is 2.70 bits per heavy atom. The fourth-order valence-corrected chi connectivity index (χ4v) is 3.30. The van der Waals surface area contributed by atoms with Gasteiger partial charge in [0.2, 0.25) is 5.82 Å². The van der Waals surface area contributed by atoms with Gasteiger partial charge < -0.3 is 15.1 Å². The molecular formula is C18H28N8O. The largest absolute Gasteiger partial charge is 0.355 e. The van der Waals surface area contributed by atoms with Gasteiger partial charge in [0.05, 0.1) is 17.9 Å². The maximum absolute atomic E-state index is 12.3. The monoisotopic (exact) mass is 372 g/mol. The number of carbonyl (C=O) groups is 1. The van der Waals surface area contributed by atoms with E-state index in [2.05, 4.69) is 37.3 Å². The van der Waals surface area contributed by atoms with Gasteiger partial charge in [0.15, 0.2) is 0 Å². The highest BCUT2D eigenvalue weighted by atomic mass is 16.2. The molecule has 9 heteroatoms. The number of amides is 1. The second-order valence-corrected chi connectivity index (χ2v) is 7.36. The van der Waals surface area contributed by atoms with Crippen molar-refractivity contribution in [3.63, 3.8) is 0 Å². The van der Waals surface area contributed by atoms with Crippen LogP contribution in [0.1, 0.15) is 47.0 Å². The van der Waals surface area contributed by atoms with Gasteiger partial charge in [-0.05, 0) is 27.2 Å². The molecule has 1 aliphatic rings. The van der Waals surface area contributed by atoms with Crippen molar-refractivity contribution in [2.75, 3.05) is 32.1 Å². The fraction of sp³-hybridized carbons (Fsp3) is 0.611. The van der Waals surface area contributed by atoms with Crippen molar-refractivity contribution in [2.24, 2.45) is 7.05 Å². The molecule has 1 unspecified atom stereocenters. The van der Waals surface area contributed by atoms with E-state index in [1.165, 1.54) is 4.90 Å². The number of hydrogen-bond acceptors (Lipinski definition) is 7. The molecule has 27 heavy (non-hydrogen) atoms. The molecule has 1 N–H and O–H groups in total. The molecule has 0 bridgehead atoms. The quantitative estimate of drug-likeness (QED) is 0.832. The molecule has 3 rings (SSSR count). The predicted molar refractivity (Wildman–Crippen MR) is 103 cm³/mol. The lowest BCUT2D eigenvalue weighted by atomic mass is 10.2. The minimum Gasteiger partial charge on any atom is -0.355 e. The third-order valence-electron chi connectivity index (χ3n) is 5.00. The summed E-state index contributed by atoms with van der Waals surface area (Å²) in [5, 5.41) is 12.1. The molecule has 0 aromatic carbocycles. The third kappa shape index (κ3) is 4.08. The van der Waals surface area contributed by atoms with Crippen LogP contribution in [-0.4, -0.2) is 69.0 Å². The Hall–Kier alpha value is -2.55. The van der Waals surface area contributed by atoms with Gasteiger partial charge in [-0.3, -0.25) is 4.79 Å². The highest BCUT2D eigenvalue weighted by Crippen LogP contribution is 2.25. The predicted octanol–water partition coefficient (Wildman–Crippen LogP) is 0.853. The van der Waals surface area contributed by atoms with Crippen LogP contribution in [0.4, 0.5) is 5.82 Å². The molecule has 1 amide bonds. The highest BCUT2D eigenvalue weighted by Gasteiger charge is 2.28. The Labute approximate surface area is 159 Å². The summed E-state index contributed by atoms with van der Waals surface area (Å²) in [4.78, 5) is 26.6. The standard InChI is InChI=1S/C18H28N8O/c1-11-12(2)21-16(18(27)24(4)5)22-17(11)26-8-7-14(10-26)20-13(3)15-9-19-25(6)23-15/h9,13-14,20H,7-8,10H2,1-6H3/t13?,14-/m1/s1. The highest BCUT2D eigenvalue weighted by molar-refractivity contribution is 5.90. The summed E-state index contributed by atoms with van der Waals surface area (Å²) in [5.74, 6) is 0.927. The summed E-state index contributed by atoms with van der Waals surface area (Å²) in [6.45, 7) is 7.75. The van der Waals surface area contributed by atoms with E-state index in [4.69, 9.17) is 0 Å². The van der Waals surface area contributed by atoms with E-state index in [0.717, 1.165) is 42.3 Å². The maximum atomic E-state index is 12.3. The molecule has 2 atom stereocenters. The molecule has 1 aliphatic heterocycles. The number of carbonyl (C=O) groups excluding carboxylic acids is 1. The Morgan fingerprint density at radius 2 is 2.07 bits per heavy atom. The minimum atomic E-state index is -0.176. The molecule has 3 heterocycles. The smallest absolute Gasteiger partial charge is 0.291 e. The van der Waals surface area contributed by atoms with Gasteiger partial charge in [-0.25, -0.2) is 9.97 Å². The first-order valence-corrected chi connectivity index (χ1v) is 9.20. The number of nitrogens with zero attached hydrogens (tertiary/aromatic N) is 7. The van der Waals surface area contributed by atoms with Crippen LogP contribution < -0.4 is 10.2 Å². The van der Waals surface area contributed by atoms with Crippen LogP contribution >= 0.6 is 0 Å². The van der Waals surface area contributed by atoms with Crippen LogP contribution in [0, 0.1) is 13.8 Å². The van der Waals surface area contributed by atoms with Crippen LogP contribution in [0.15, 0.2) is 6.20 Å². The van der Waals surface area contributed by atoms with Crippen LogP contribution in [0.3, 0.4) is 0 Å². The number of hydrogen-bond donors (Lipinski definition) is 1. The molecule has 0 spiro atoms. The van der Waals surface area contributed by atoms with E-state index in [1.807, 2.05) is 20.9 Å². The Balaban J connectivity index is 1.73. The molecule has 2 aromatic heterocycles. The van der Waals surface area contributed by atoms with Crippen molar-refractivity contribution in [2.45, 2.75) is 39.3 Å². The van der Waals surface area contributed by atoms with Gasteiger partial charge in [0.25, 0.3) is 5.91 Å². The Morgan fingerprint density at radius 1 is 1.33 bits per heavy atom. The van der Waals surface area contributed by atoms with Crippen molar-refractivity contribution in [1.82, 2.24) is 35.2 Å². The lowest BCUT2D eigenvalue weighted by molar-refractivity contribution is 0.0815. The SMILES string of the molecule is Cc1nc(C(=O)N(C)C)nc(N2CC[C@@H](NC(C)c3cnn(C)n3)C2)c1C. The van der Waals surface area contributed by atoms with Gasteiger partial charge in [0.1, 0.15) is 5.82 Å². The molecule has 1 saturated heterocycles. The number of aromatic nitrogens is 5. The second kappa shape index (κ2) is 7.59. The van der Waals surface area contributed by atoms with Gasteiger partial charge in [-0.2, -0.15) is 15.0 Å². The van der Waals surface area contributed by atoms with Crippen molar-refractivity contribution < 1.29 is 4.79 Å². The molecule has 146 valence electrons. The lowest BCUT2D eigenvalue weighted by Crippen LogP contribution is -2.35. The molecular weight excluding hydrogens is 344 g/mol. The molecule has 0 saturated carbocycles. The first kappa shape index (κ1) is 19.2. The molecule has 0 aliphatic carbocycles. The molecule has 9 nitrogen and oxygen atoms in total. The summed E-state index contributed by atoms with van der Waals surface area (Å²) in [7, 11) is 5.24. The van der Waals surface area contributed by atoms with E-state index in [1.54, 1.807) is 25.1 Å². The summed E-state index contributed by atoms with van der Waals surface area (Å²) >= 11 is 0. The third-order valence-corrected chi connectivity index (χ3v) is 5.00. The van der Waals surface area contributed by atoms with E-state index >= 15 is 0 Å². The number of nitrogens with one attached hydrogen (secondary N) is 1. The topological polar surface area (TPSA) is 92.1 Å². The van der Waals surface area contributed by atoms with Crippen molar-refractivity contribution in [1.29, 1.82) is 0 Å². The second-order valence-electron chi connectivity index (χ2n) is 7.36. The average Bonchev–Trinajstić information content (AvgIpc) is 3.25. The minimum absolute atomic E-state index is 0.128. The fourth-order valence-electron chi connectivity index (χ4n) is 3.30. The Kier molecular flexibility index (Phi) is 5.41. The summed E-state index contributed by atoms with van der Waals surface area (Å²) in [5.41, 5.74) is 2.80. The summed E-state index contributed by atoms with van der Waals surface area (Å²) in [6, 6.07) is 0.451. The van der Waals surface area contributed by atoms with Gasteiger partial charge >= 0.3 is 0 Å². The summed E-state index contributed by atoms with van der Waals surface area (Å²) in [6.07, 6.45) is 2.80. The lowest BCUT2D eigenvalue weighted by Gasteiger charge is -2.23. The van der Waals surface area contributed by atoms with E-state index in [0.29, 0.717) is 6.04 Å². The normalized spacial score (nSPS) is 18.0. The number of rotatable bonds is 5. The van der Waals surface area contributed by atoms with Crippen LogP contribution in [0.25, 0.3) is 0 Å². The van der Waals surface area contributed by atoms with E-state index in [9.17, 15) is 4.79 Å². The molecule has 0 radical (unpaired) electrons. The number of aryl methyl sites for hydroxylation is 2. The first-order chi connectivity index (χ1) is 12.8. The van der Waals surface area contributed by atoms with Gasteiger partial charge in [0, 0.05) is 51.5 Å². The van der Waals surface area contributed by atoms with Crippen LogP contribution in [0.5, 0.6) is 0 Å². The molecule has 1 fully saturated rings. The van der Waals surface area contributed by atoms with Crippen molar-refractivity contribution in [3.8, 4) is 0 Å². The van der Waals surface area contributed by atoms with E-state index < -0.39 is 0 Å².